The van der Waals surface area contributed by atoms with Crippen LogP contribution in [0.1, 0.15) is 122 Å². The zero-order valence-corrected chi connectivity index (χ0v) is 40.2. The van der Waals surface area contributed by atoms with Crippen molar-refractivity contribution in [2.75, 3.05) is 32.8 Å². The van der Waals surface area contributed by atoms with Crippen LogP contribution < -0.4 is 24.8 Å². The molecule has 364 valence electrons. The highest BCUT2D eigenvalue weighted by atomic mass is 32.2. The first-order valence-electron chi connectivity index (χ1n) is 25.1. The SMILES string of the molecule is C=CC1C[C@]1(NC(=O)[C@@H]1C[C@@H]2CN1C(=O)[C@H](C1CCCC1)NC(=O)O[C@@H]1CCC[C@H]1CC/C=C/Cc1c(nc3ccccc3c1OCCCN1CCCC(C)(C)C1)O2)C(=O)NS(=O)(=O)C1CC1. The van der Waals surface area contributed by atoms with Crippen LogP contribution >= 0.6 is 0 Å². The Labute approximate surface area is 395 Å². The quantitative estimate of drug-likeness (QED) is 0.156. The highest BCUT2D eigenvalue weighted by molar-refractivity contribution is 7.91. The van der Waals surface area contributed by atoms with Gasteiger partial charge < -0.3 is 34.6 Å². The largest absolute Gasteiger partial charge is 0.492 e. The summed E-state index contributed by atoms with van der Waals surface area (Å²) in [7, 11) is -3.92. The second-order valence-corrected chi connectivity index (χ2v) is 23.2. The predicted octanol–water partition coefficient (Wildman–Crippen LogP) is 6.49. The number of alkyl carbamates (subject to hydrolysis) is 1. The van der Waals surface area contributed by atoms with E-state index in [0.29, 0.717) is 48.4 Å². The van der Waals surface area contributed by atoms with Crippen LogP contribution in [-0.2, 0) is 35.6 Å². The zero-order chi connectivity index (χ0) is 46.9. The molecule has 4 aliphatic carbocycles. The number of allylic oxidation sites excluding steroid dienone is 2. The number of aromatic nitrogens is 1. The van der Waals surface area contributed by atoms with Gasteiger partial charge in [-0.2, -0.15) is 0 Å². The molecular formula is C51H70N6O9S. The van der Waals surface area contributed by atoms with E-state index in [4.69, 9.17) is 19.2 Å². The Morgan fingerprint density at radius 3 is 2.55 bits per heavy atom. The number of para-hydroxylation sites is 1. The maximum absolute atomic E-state index is 15.1. The van der Waals surface area contributed by atoms with Gasteiger partial charge in [-0.25, -0.2) is 18.2 Å². The number of fused-ring (bicyclic) bond motifs is 5. The molecule has 9 rings (SSSR count). The van der Waals surface area contributed by atoms with Crippen molar-refractivity contribution in [2.24, 2.45) is 23.2 Å². The number of hydrogen-bond acceptors (Lipinski definition) is 11. The molecule has 0 radical (unpaired) electrons. The van der Waals surface area contributed by atoms with Crippen LogP contribution in [-0.4, -0.2) is 115 Å². The van der Waals surface area contributed by atoms with Crippen molar-refractivity contribution in [3.8, 4) is 11.6 Å². The topological polar surface area (TPSA) is 186 Å². The number of amides is 4. The normalized spacial score (nSPS) is 31.0. The molecule has 1 unspecified atom stereocenters. The van der Waals surface area contributed by atoms with Gasteiger partial charge in [0.1, 0.15) is 35.6 Å². The number of hydrogen-bond donors (Lipinski definition) is 3. The van der Waals surface area contributed by atoms with Crippen LogP contribution in [0.25, 0.3) is 10.9 Å². The molecule has 2 bridgehead atoms. The van der Waals surface area contributed by atoms with E-state index in [0.717, 1.165) is 94.8 Å². The van der Waals surface area contributed by atoms with Crippen molar-refractivity contribution < 1.29 is 41.8 Å². The maximum atomic E-state index is 15.1. The van der Waals surface area contributed by atoms with Crippen LogP contribution in [0.2, 0.25) is 0 Å². The Kier molecular flexibility index (Phi) is 13.9. The molecule has 1 aromatic heterocycles. The third-order valence-electron chi connectivity index (χ3n) is 15.6. The van der Waals surface area contributed by atoms with Crippen LogP contribution in [0, 0.1) is 23.2 Å². The van der Waals surface area contributed by atoms with Crippen molar-refractivity contribution in [1.82, 2.24) is 30.1 Å². The lowest BCUT2D eigenvalue weighted by molar-refractivity contribution is -0.142. The summed E-state index contributed by atoms with van der Waals surface area (Å²) in [6.07, 6.45) is 16.6. The lowest BCUT2D eigenvalue weighted by Gasteiger charge is -2.38. The average Bonchev–Trinajstić information content (AvgIpc) is 4.08. The summed E-state index contributed by atoms with van der Waals surface area (Å²) in [5.74, 6) is -1.32. The number of carbonyl (C=O) groups is 4. The number of carbonyl (C=O) groups excluding carboxylic acids is 4. The lowest BCUT2D eigenvalue weighted by atomic mass is 9.84. The molecule has 3 aliphatic heterocycles. The maximum Gasteiger partial charge on any atom is 0.408 e. The fourth-order valence-electron chi connectivity index (χ4n) is 11.7. The van der Waals surface area contributed by atoms with Gasteiger partial charge in [-0.05, 0) is 126 Å². The van der Waals surface area contributed by atoms with E-state index in [9.17, 15) is 22.8 Å². The van der Waals surface area contributed by atoms with Gasteiger partial charge in [0.15, 0.2) is 0 Å². The Hall–Kier alpha value is -4.70. The molecular weight excluding hydrogens is 873 g/mol. The van der Waals surface area contributed by atoms with Crippen molar-refractivity contribution in [3.63, 3.8) is 0 Å². The standard InChI is InChI=1S/C51H70N6O9S/c1-4-35-30-51(35,48(60)55-67(62,63)37-23-24-37)54-45(58)41-29-36-31-57(41)47(59)43(34-16-8-9-17-34)53-49(61)66-42-22-12-18-33(42)15-6-5-7-20-39-44(38-19-10-11-21-40(38)52-46(39)65-36)64-28-14-27-56-26-13-25-50(2,3)32-56/h4-5,7,10-11,19,21,33-37,41-43H,1,6,8-9,12-18,20,22-32H2,2-3H3,(H,53,61)(H,54,58)(H,55,60)/b7-5+/t33-,35?,36-,41+,42-,43+,51-/m1/s1. The summed E-state index contributed by atoms with van der Waals surface area (Å²) >= 11 is 0. The molecule has 3 N–H and O–H groups in total. The van der Waals surface area contributed by atoms with Gasteiger partial charge in [0.25, 0.3) is 5.91 Å². The van der Waals surface area contributed by atoms with E-state index in [2.05, 4.69) is 52.8 Å². The van der Waals surface area contributed by atoms with E-state index in [1.54, 1.807) is 6.08 Å². The zero-order valence-electron chi connectivity index (χ0n) is 39.3. The third kappa shape index (κ3) is 10.6. The van der Waals surface area contributed by atoms with Crippen LogP contribution in [0.15, 0.2) is 49.1 Å². The van der Waals surface area contributed by atoms with Crippen LogP contribution in [0.4, 0.5) is 4.79 Å². The number of piperidine rings is 1. The molecule has 2 saturated heterocycles. The molecule has 67 heavy (non-hydrogen) atoms. The summed E-state index contributed by atoms with van der Waals surface area (Å²) < 4.78 is 47.9. The molecule has 16 heteroatoms. The molecule has 4 amide bonds. The van der Waals surface area contributed by atoms with E-state index in [1.165, 1.54) is 17.7 Å². The lowest BCUT2D eigenvalue weighted by Crippen LogP contribution is -2.59. The number of sulfonamides is 1. The summed E-state index contributed by atoms with van der Waals surface area (Å²) in [4.78, 5) is 66.6. The number of pyridine rings is 1. The minimum Gasteiger partial charge on any atom is -0.492 e. The van der Waals surface area contributed by atoms with E-state index in [1.807, 2.05) is 24.3 Å². The highest BCUT2D eigenvalue weighted by Crippen LogP contribution is 2.46. The van der Waals surface area contributed by atoms with Gasteiger partial charge in [-0.3, -0.25) is 19.1 Å². The van der Waals surface area contributed by atoms with Crippen molar-refractivity contribution >= 4 is 44.7 Å². The first kappa shape index (κ1) is 47.4. The Balaban J connectivity index is 1.05. The molecule has 0 spiro atoms. The number of nitrogens with one attached hydrogen (secondary N) is 3. The predicted molar refractivity (Wildman–Crippen MR) is 254 cm³/mol. The van der Waals surface area contributed by atoms with Gasteiger partial charge >= 0.3 is 6.09 Å². The third-order valence-corrected chi connectivity index (χ3v) is 17.4. The number of benzene rings is 1. The van der Waals surface area contributed by atoms with Gasteiger partial charge in [-0.15, -0.1) is 6.58 Å². The van der Waals surface area contributed by atoms with Crippen LogP contribution in [0.3, 0.4) is 0 Å². The second-order valence-electron chi connectivity index (χ2n) is 21.2. The van der Waals surface area contributed by atoms with Gasteiger partial charge in [-0.1, -0.05) is 57.0 Å². The van der Waals surface area contributed by atoms with Crippen molar-refractivity contribution in [3.05, 3.63) is 54.6 Å². The molecule has 15 nitrogen and oxygen atoms in total. The Morgan fingerprint density at radius 2 is 1.79 bits per heavy atom. The molecule has 1 aromatic carbocycles. The molecule has 6 fully saturated rings. The average molecular weight is 943 g/mol. The Morgan fingerprint density at radius 1 is 1.00 bits per heavy atom. The van der Waals surface area contributed by atoms with E-state index < -0.39 is 68.7 Å². The van der Waals surface area contributed by atoms with E-state index >= 15 is 4.79 Å². The van der Waals surface area contributed by atoms with Gasteiger partial charge in [0, 0.05) is 30.8 Å². The number of nitrogens with zero attached hydrogens (tertiary/aromatic N) is 3. The van der Waals surface area contributed by atoms with Gasteiger partial charge in [0.2, 0.25) is 27.7 Å². The first-order valence-corrected chi connectivity index (χ1v) is 26.6. The number of ether oxygens (including phenoxy) is 3. The molecule has 7 aliphatic rings. The van der Waals surface area contributed by atoms with Crippen LogP contribution in [0.5, 0.6) is 11.6 Å². The second kappa shape index (κ2) is 19.7. The molecule has 7 atom stereocenters. The molecule has 4 heterocycles. The smallest absolute Gasteiger partial charge is 0.408 e. The first-order chi connectivity index (χ1) is 32.2. The molecule has 2 aromatic rings. The minimum atomic E-state index is -3.92. The Bertz CT molecular complexity index is 2350. The van der Waals surface area contributed by atoms with Crippen molar-refractivity contribution in [1.29, 1.82) is 0 Å². The minimum absolute atomic E-state index is 0.00608. The van der Waals surface area contributed by atoms with Crippen molar-refractivity contribution in [2.45, 2.75) is 158 Å². The summed E-state index contributed by atoms with van der Waals surface area (Å²) in [6, 6.07) is 5.76. The highest BCUT2D eigenvalue weighted by Gasteiger charge is 2.62. The molecule has 4 saturated carbocycles. The summed E-state index contributed by atoms with van der Waals surface area (Å²) in [5, 5.41) is 6.12. The number of likely N-dealkylation sites (tertiary alicyclic amines) is 1. The summed E-state index contributed by atoms with van der Waals surface area (Å²) in [5.41, 5.74) is 0.204. The fourth-order valence-corrected chi connectivity index (χ4v) is 13.0. The van der Waals surface area contributed by atoms with Gasteiger partial charge in [0.05, 0.1) is 29.5 Å². The van der Waals surface area contributed by atoms with E-state index in [-0.39, 0.29) is 37.3 Å². The number of rotatable bonds is 12. The monoisotopic (exact) mass is 942 g/mol. The summed E-state index contributed by atoms with van der Waals surface area (Å²) in [6.45, 7) is 12.1. The fraction of sp³-hybridized carbons (Fsp3) is 0.667.